The van der Waals surface area contributed by atoms with Crippen molar-refractivity contribution in [2.24, 2.45) is 5.92 Å². The summed E-state index contributed by atoms with van der Waals surface area (Å²) < 4.78 is 10.1. The molecule has 1 fully saturated rings. The Labute approximate surface area is 92.0 Å². The molecule has 0 aliphatic heterocycles. The normalized spacial score (nSPS) is 27.2. The zero-order chi connectivity index (χ0) is 11.1. The highest BCUT2D eigenvalue weighted by Gasteiger charge is 2.22. The molecule has 2 atom stereocenters. The summed E-state index contributed by atoms with van der Waals surface area (Å²) in [5.74, 6) is 0.396. The lowest BCUT2D eigenvalue weighted by Gasteiger charge is -2.28. The molecule has 0 spiro atoms. The zero-order valence-electron chi connectivity index (χ0n) is 9.74. The van der Waals surface area contributed by atoms with Crippen LogP contribution in [0.1, 0.15) is 25.7 Å². The van der Waals surface area contributed by atoms with E-state index in [4.69, 9.17) is 9.47 Å². The molecule has 2 N–H and O–H groups in total. The first-order valence-electron chi connectivity index (χ1n) is 5.72. The minimum absolute atomic E-state index is 0.130. The molecule has 1 aliphatic carbocycles. The molecule has 4 heteroatoms. The first kappa shape index (κ1) is 12.9. The smallest absolute Gasteiger partial charge is 0.169 e. The van der Waals surface area contributed by atoms with Gasteiger partial charge in [-0.15, -0.1) is 0 Å². The molecule has 0 heterocycles. The van der Waals surface area contributed by atoms with Gasteiger partial charge in [-0.2, -0.15) is 0 Å². The SMILES string of the molecule is COC(CNCC1CCCCC1O)OC. The van der Waals surface area contributed by atoms with Crippen molar-refractivity contribution >= 4 is 0 Å². The molecule has 0 radical (unpaired) electrons. The van der Waals surface area contributed by atoms with E-state index >= 15 is 0 Å². The predicted molar refractivity (Wildman–Crippen MR) is 58.6 cm³/mol. The van der Waals surface area contributed by atoms with Gasteiger partial charge in [-0.05, 0) is 18.8 Å². The van der Waals surface area contributed by atoms with E-state index in [-0.39, 0.29) is 12.4 Å². The molecule has 0 aromatic carbocycles. The number of hydrogen-bond donors (Lipinski definition) is 2. The fourth-order valence-electron chi connectivity index (χ4n) is 2.08. The second-order valence-electron chi connectivity index (χ2n) is 4.17. The number of hydrogen-bond acceptors (Lipinski definition) is 4. The van der Waals surface area contributed by atoms with Crippen molar-refractivity contribution in [3.8, 4) is 0 Å². The number of aliphatic hydroxyl groups excluding tert-OH is 1. The molecule has 1 aliphatic rings. The van der Waals surface area contributed by atoms with Gasteiger partial charge in [-0.25, -0.2) is 0 Å². The van der Waals surface area contributed by atoms with Crippen LogP contribution in [0, 0.1) is 5.92 Å². The van der Waals surface area contributed by atoms with Crippen LogP contribution in [0.2, 0.25) is 0 Å². The summed E-state index contributed by atoms with van der Waals surface area (Å²) in [6.07, 6.45) is 4.15. The van der Waals surface area contributed by atoms with Crippen molar-refractivity contribution < 1.29 is 14.6 Å². The Kier molecular flexibility index (Phi) is 6.17. The van der Waals surface area contributed by atoms with E-state index in [1.165, 1.54) is 6.42 Å². The Hall–Kier alpha value is -0.160. The van der Waals surface area contributed by atoms with E-state index < -0.39 is 0 Å². The molecule has 0 bridgehead atoms. The van der Waals surface area contributed by atoms with Gasteiger partial charge >= 0.3 is 0 Å². The topological polar surface area (TPSA) is 50.7 Å². The number of nitrogens with one attached hydrogen (secondary N) is 1. The monoisotopic (exact) mass is 217 g/mol. The Morgan fingerprint density at radius 1 is 1.27 bits per heavy atom. The third kappa shape index (κ3) is 4.47. The van der Waals surface area contributed by atoms with E-state index in [1.54, 1.807) is 14.2 Å². The number of ether oxygens (including phenoxy) is 2. The summed E-state index contributed by atoms with van der Waals surface area (Å²) in [6, 6.07) is 0. The first-order chi connectivity index (χ1) is 7.27. The van der Waals surface area contributed by atoms with Gasteiger partial charge in [-0.3, -0.25) is 0 Å². The van der Waals surface area contributed by atoms with E-state index in [0.29, 0.717) is 12.5 Å². The van der Waals surface area contributed by atoms with Crippen LogP contribution in [0.3, 0.4) is 0 Å². The second kappa shape index (κ2) is 7.17. The van der Waals surface area contributed by atoms with Crippen LogP contribution in [-0.2, 0) is 9.47 Å². The van der Waals surface area contributed by atoms with Crippen LogP contribution in [0.15, 0.2) is 0 Å². The summed E-state index contributed by atoms with van der Waals surface area (Å²) in [5, 5.41) is 13.0. The minimum Gasteiger partial charge on any atom is -0.393 e. The molecule has 15 heavy (non-hydrogen) atoms. The van der Waals surface area contributed by atoms with Crippen molar-refractivity contribution in [2.75, 3.05) is 27.3 Å². The molecule has 0 saturated heterocycles. The second-order valence-corrected chi connectivity index (χ2v) is 4.17. The lowest BCUT2D eigenvalue weighted by Crippen LogP contribution is -2.38. The summed E-state index contributed by atoms with van der Waals surface area (Å²) in [7, 11) is 3.26. The molecule has 90 valence electrons. The maximum absolute atomic E-state index is 9.75. The summed E-state index contributed by atoms with van der Waals surface area (Å²) in [5.41, 5.74) is 0. The molecule has 4 nitrogen and oxygen atoms in total. The minimum atomic E-state index is -0.189. The molecule has 2 unspecified atom stereocenters. The molecule has 0 aromatic heterocycles. The molecule has 1 rings (SSSR count). The third-order valence-corrected chi connectivity index (χ3v) is 3.11. The van der Waals surface area contributed by atoms with E-state index in [1.807, 2.05) is 0 Å². The van der Waals surface area contributed by atoms with Gasteiger partial charge in [0.1, 0.15) is 0 Å². The lowest BCUT2D eigenvalue weighted by molar-refractivity contribution is -0.0995. The van der Waals surface area contributed by atoms with Crippen LogP contribution < -0.4 is 5.32 Å². The number of aliphatic hydroxyl groups is 1. The van der Waals surface area contributed by atoms with Gasteiger partial charge in [0.2, 0.25) is 0 Å². The van der Waals surface area contributed by atoms with E-state index in [2.05, 4.69) is 5.32 Å². The molecule has 0 aromatic rings. The van der Waals surface area contributed by atoms with Crippen molar-refractivity contribution in [3.05, 3.63) is 0 Å². The summed E-state index contributed by atoms with van der Waals surface area (Å²) >= 11 is 0. The Morgan fingerprint density at radius 3 is 2.53 bits per heavy atom. The van der Waals surface area contributed by atoms with Crippen LogP contribution >= 0.6 is 0 Å². The van der Waals surface area contributed by atoms with Crippen LogP contribution in [0.25, 0.3) is 0 Å². The maximum atomic E-state index is 9.75. The van der Waals surface area contributed by atoms with Gasteiger partial charge in [0.05, 0.1) is 6.10 Å². The van der Waals surface area contributed by atoms with Crippen molar-refractivity contribution in [2.45, 2.75) is 38.1 Å². The van der Waals surface area contributed by atoms with Gasteiger partial charge < -0.3 is 19.9 Å². The zero-order valence-corrected chi connectivity index (χ0v) is 9.74. The van der Waals surface area contributed by atoms with Crippen LogP contribution in [-0.4, -0.2) is 44.8 Å². The standard InChI is InChI=1S/C11H23NO3/c1-14-11(15-2)8-12-7-9-5-3-4-6-10(9)13/h9-13H,3-8H2,1-2H3. The van der Waals surface area contributed by atoms with Crippen molar-refractivity contribution in [1.82, 2.24) is 5.32 Å². The fourth-order valence-corrected chi connectivity index (χ4v) is 2.08. The molecular formula is C11H23NO3. The molecule has 1 saturated carbocycles. The predicted octanol–water partition coefficient (Wildman–Crippen LogP) is 0.746. The summed E-state index contributed by atoms with van der Waals surface area (Å²) in [6.45, 7) is 1.53. The van der Waals surface area contributed by atoms with Gasteiger partial charge in [0.15, 0.2) is 6.29 Å². The van der Waals surface area contributed by atoms with Gasteiger partial charge in [0, 0.05) is 27.3 Å². The van der Waals surface area contributed by atoms with Gasteiger partial charge in [-0.1, -0.05) is 12.8 Å². The Balaban J connectivity index is 2.12. The van der Waals surface area contributed by atoms with Crippen LogP contribution in [0.5, 0.6) is 0 Å². The summed E-state index contributed by atoms with van der Waals surface area (Å²) in [4.78, 5) is 0. The van der Waals surface area contributed by atoms with E-state index in [0.717, 1.165) is 25.8 Å². The highest BCUT2D eigenvalue weighted by Crippen LogP contribution is 2.23. The first-order valence-corrected chi connectivity index (χ1v) is 5.72. The lowest BCUT2D eigenvalue weighted by atomic mass is 9.86. The highest BCUT2D eigenvalue weighted by molar-refractivity contribution is 4.76. The van der Waals surface area contributed by atoms with E-state index in [9.17, 15) is 5.11 Å². The van der Waals surface area contributed by atoms with Crippen molar-refractivity contribution in [1.29, 1.82) is 0 Å². The quantitative estimate of drug-likeness (QED) is 0.645. The molecule has 0 amide bonds. The Bertz CT molecular complexity index is 162. The van der Waals surface area contributed by atoms with Crippen LogP contribution in [0.4, 0.5) is 0 Å². The number of methoxy groups -OCH3 is 2. The average molecular weight is 217 g/mol. The van der Waals surface area contributed by atoms with Crippen molar-refractivity contribution in [3.63, 3.8) is 0 Å². The highest BCUT2D eigenvalue weighted by atomic mass is 16.7. The largest absolute Gasteiger partial charge is 0.393 e. The third-order valence-electron chi connectivity index (χ3n) is 3.11. The Morgan fingerprint density at radius 2 is 1.93 bits per heavy atom. The maximum Gasteiger partial charge on any atom is 0.169 e. The van der Waals surface area contributed by atoms with Gasteiger partial charge in [0.25, 0.3) is 0 Å². The fraction of sp³-hybridized carbons (Fsp3) is 1.00. The molecular weight excluding hydrogens is 194 g/mol. The number of rotatable bonds is 6. The average Bonchev–Trinajstić information content (AvgIpc) is 2.27.